The maximum absolute atomic E-state index is 10.1. The molecule has 2 aromatic heterocycles. The standard InChI is InChI=1S/C18H21ClN4O2.2ClH/c19-12-9-13(14-5-8-25-22-14)18-16(10-12)21-11-23(18)7-2-3-15-17(24)4-1-6-20-15;;/h5,8-11,15,17,20,24H,1-4,6-7H2;2*1H/t15-,17+;;/m1../s1. The van der Waals surface area contributed by atoms with Crippen molar-refractivity contribution in [1.82, 2.24) is 20.0 Å². The molecule has 1 aliphatic heterocycles. The van der Waals surface area contributed by atoms with Crippen LogP contribution < -0.4 is 5.32 Å². The van der Waals surface area contributed by atoms with E-state index in [0.29, 0.717) is 5.02 Å². The molecule has 0 spiro atoms. The Bertz CT molecular complexity index is 854. The molecule has 2 N–H and O–H groups in total. The van der Waals surface area contributed by atoms with Crippen LogP contribution in [0, 0.1) is 0 Å². The second-order valence-corrected chi connectivity index (χ2v) is 6.99. The zero-order valence-electron chi connectivity index (χ0n) is 14.7. The molecular formula is C18H23Cl3N4O2. The number of imidazole rings is 1. The van der Waals surface area contributed by atoms with Crippen molar-refractivity contribution in [2.45, 2.75) is 44.4 Å². The molecule has 3 aromatic rings. The lowest BCUT2D eigenvalue weighted by atomic mass is 9.97. The fourth-order valence-electron chi connectivity index (χ4n) is 3.60. The lowest BCUT2D eigenvalue weighted by Gasteiger charge is -2.29. The SMILES string of the molecule is Cl.Cl.O[C@H]1CCCN[C@@H]1CCCn1cnc2cc(Cl)cc(-c3ccon3)c21. The number of aromatic nitrogens is 3. The quantitative estimate of drug-likeness (QED) is 0.634. The maximum atomic E-state index is 10.1. The highest BCUT2D eigenvalue weighted by atomic mass is 35.5. The number of halogens is 3. The Labute approximate surface area is 175 Å². The first-order valence-electron chi connectivity index (χ1n) is 8.69. The van der Waals surface area contributed by atoms with Crippen molar-refractivity contribution in [2.24, 2.45) is 0 Å². The summed E-state index contributed by atoms with van der Waals surface area (Å²) in [6.07, 6.45) is 6.99. The summed E-state index contributed by atoms with van der Waals surface area (Å²) in [4.78, 5) is 4.49. The number of piperidine rings is 1. The molecule has 0 saturated carbocycles. The van der Waals surface area contributed by atoms with Gasteiger partial charge in [0.2, 0.25) is 0 Å². The zero-order chi connectivity index (χ0) is 17.2. The van der Waals surface area contributed by atoms with E-state index in [1.54, 1.807) is 6.26 Å². The fourth-order valence-corrected chi connectivity index (χ4v) is 3.82. The highest BCUT2D eigenvalue weighted by Crippen LogP contribution is 2.31. The summed E-state index contributed by atoms with van der Waals surface area (Å²) in [7, 11) is 0. The Hall–Kier alpha value is -1.31. The third-order valence-electron chi connectivity index (χ3n) is 4.85. The van der Waals surface area contributed by atoms with Crippen LogP contribution >= 0.6 is 36.4 Å². The molecule has 0 unspecified atom stereocenters. The molecule has 2 atom stereocenters. The molecule has 0 amide bonds. The van der Waals surface area contributed by atoms with Crippen LogP contribution in [0.15, 0.2) is 35.3 Å². The van der Waals surface area contributed by atoms with E-state index in [1.807, 2.05) is 24.5 Å². The molecule has 9 heteroatoms. The van der Waals surface area contributed by atoms with Gasteiger partial charge in [0.05, 0.1) is 23.5 Å². The number of benzene rings is 1. The fraction of sp³-hybridized carbons (Fsp3) is 0.444. The first-order chi connectivity index (χ1) is 12.2. The van der Waals surface area contributed by atoms with Crippen LogP contribution in [0.2, 0.25) is 5.02 Å². The Morgan fingerprint density at radius 3 is 2.93 bits per heavy atom. The molecule has 6 nitrogen and oxygen atoms in total. The first-order valence-corrected chi connectivity index (χ1v) is 9.07. The van der Waals surface area contributed by atoms with Crippen molar-refractivity contribution in [3.8, 4) is 11.3 Å². The van der Waals surface area contributed by atoms with Crippen molar-refractivity contribution in [2.75, 3.05) is 6.54 Å². The Morgan fingerprint density at radius 1 is 1.33 bits per heavy atom. The summed E-state index contributed by atoms with van der Waals surface area (Å²) >= 11 is 6.23. The van der Waals surface area contributed by atoms with E-state index in [9.17, 15) is 5.11 Å². The molecule has 148 valence electrons. The average molecular weight is 434 g/mol. The number of nitrogens with one attached hydrogen (secondary N) is 1. The van der Waals surface area contributed by atoms with E-state index in [-0.39, 0.29) is 37.0 Å². The molecule has 27 heavy (non-hydrogen) atoms. The van der Waals surface area contributed by atoms with Crippen LogP contribution in [-0.2, 0) is 6.54 Å². The predicted octanol–water partition coefficient (Wildman–Crippen LogP) is 4.08. The minimum atomic E-state index is -0.238. The van der Waals surface area contributed by atoms with E-state index in [0.717, 1.165) is 61.1 Å². The van der Waals surface area contributed by atoms with E-state index in [4.69, 9.17) is 16.1 Å². The predicted molar refractivity (Wildman–Crippen MR) is 111 cm³/mol. The van der Waals surface area contributed by atoms with E-state index in [2.05, 4.69) is 20.0 Å². The van der Waals surface area contributed by atoms with Gasteiger partial charge in [-0.1, -0.05) is 16.8 Å². The Balaban J connectivity index is 0.00000131. The first kappa shape index (κ1) is 22.0. The molecule has 0 bridgehead atoms. The van der Waals surface area contributed by atoms with Gasteiger partial charge in [-0.25, -0.2) is 4.98 Å². The van der Waals surface area contributed by atoms with Gasteiger partial charge in [-0.3, -0.25) is 0 Å². The summed E-state index contributed by atoms with van der Waals surface area (Å²) in [5.74, 6) is 0. The number of hydrogen-bond donors (Lipinski definition) is 2. The van der Waals surface area contributed by atoms with Crippen LogP contribution in [0.25, 0.3) is 22.3 Å². The summed E-state index contributed by atoms with van der Waals surface area (Å²) in [6.45, 7) is 1.82. The number of fused-ring (bicyclic) bond motifs is 1. The lowest BCUT2D eigenvalue weighted by Crippen LogP contribution is -2.44. The molecule has 4 rings (SSSR count). The molecule has 0 radical (unpaired) electrons. The number of nitrogens with zero attached hydrogens (tertiary/aromatic N) is 3. The highest BCUT2D eigenvalue weighted by Gasteiger charge is 2.22. The largest absolute Gasteiger partial charge is 0.392 e. The summed E-state index contributed by atoms with van der Waals surface area (Å²) in [5, 5.41) is 18.2. The van der Waals surface area contributed by atoms with E-state index < -0.39 is 0 Å². The van der Waals surface area contributed by atoms with Gasteiger partial charge in [0.15, 0.2) is 0 Å². The third-order valence-corrected chi connectivity index (χ3v) is 5.07. The monoisotopic (exact) mass is 432 g/mol. The smallest absolute Gasteiger partial charge is 0.124 e. The van der Waals surface area contributed by atoms with Crippen LogP contribution in [0.1, 0.15) is 25.7 Å². The van der Waals surface area contributed by atoms with Crippen LogP contribution in [0.3, 0.4) is 0 Å². The van der Waals surface area contributed by atoms with Gasteiger partial charge in [-0.2, -0.15) is 0 Å². The van der Waals surface area contributed by atoms with Crippen molar-refractivity contribution in [3.63, 3.8) is 0 Å². The molecule has 1 aliphatic rings. The highest BCUT2D eigenvalue weighted by molar-refractivity contribution is 6.31. The van der Waals surface area contributed by atoms with Gasteiger partial charge in [-0.15, -0.1) is 24.8 Å². The Kier molecular flexibility index (Phi) is 7.94. The van der Waals surface area contributed by atoms with Crippen LogP contribution in [0.5, 0.6) is 0 Å². The number of aliphatic hydroxyl groups is 1. The van der Waals surface area contributed by atoms with Crippen molar-refractivity contribution in [1.29, 1.82) is 0 Å². The lowest BCUT2D eigenvalue weighted by molar-refractivity contribution is 0.0909. The van der Waals surface area contributed by atoms with Gasteiger partial charge in [0.1, 0.15) is 12.0 Å². The van der Waals surface area contributed by atoms with Gasteiger partial charge in [-0.05, 0) is 44.4 Å². The van der Waals surface area contributed by atoms with Gasteiger partial charge < -0.3 is 19.5 Å². The molecule has 1 saturated heterocycles. The number of aliphatic hydroxyl groups excluding tert-OH is 1. The normalized spacial score (nSPS) is 19.5. The number of rotatable bonds is 5. The minimum Gasteiger partial charge on any atom is -0.392 e. The van der Waals surface area contributed by atoms with Crippen molar-refractivity contribution >= 4 is 47.4 Å². The molecule has 1 aromatic carbocycles. The topological polar surface area (TPSA) is 76.1 Å². The summed E-state index contributed by atoms with van der Waals surface area (Å²) in [6, 6.07) is 5.77. The van der Waals surface area contributed by atoms with Crippen molar-refractivity contribution < 1.29 is 9.63 Å². The molecule has 3 heterocycles. The molecule has 1 fully saturated rings. The van der Waals surface area contributed by atoms with Gasteiger partial charge in [0.25, 0.3) is 0 Å². The summed E-state index contributed by atoms with van der Waals surface area (Å²) < 4.78 is 7.12. The maximum Gasteiger partial charge on any atom is 0.124 e. The van der Waals surface area contributed by atoms with Crippen LogP contribution in [0.4, 0.5) is 0 Å². The second kappa shape index (κ2) is 9.75. The summed E-state index contributed by atoms with van der Waals surface area (Å²) in [5.41, 5.74) is 3.53. The number of aryl methyl sites for hydroxylation is 1. The second-order valence-electron chi connectivity index (χ2n) is 6.56. The zero-order valence-corrected chi connectivity index (χ0v) is 17.1. The van der Waals surface area contributed by atoms with Gasteiger partial charge >= 0.3 is 0 Å². The Morgan fingerprint density at radius 2 is 2.19 bits per heavy atom. The van der Waals surface area contributed by atoms with Crippen LogP contribution in [-0.4, -0.2) is 38.5 Å². The van der Waals surface area contributed by atoms with Gasteiger partial charge in [0, 0.05) is 29.2 Å². The molecule has 0 aliphatic carbocycles. The van der Waals surface area contributed by atoms with E-state index in [1.165, 1.54) is 0 Å². The minimum absolute atomic E-state index is 0. The average Bonchev–Trinajstić information content (AvgIpc) is 3.26. The number of hydrogen-bond acceptors (Lipinski definition) is 5. The van der Waals surface area contributed by atoms with Crippen molar-refractivity contribution in [3.05, 3.63) is 35.8 Å². The molecular weight excluding hydrogens is 411 g/mol. The van der Waals surface area contributed by atoms with E-state index >= 15 is 0 Å². The third kappa shape index (κ3) is 4.76.